The van der Waals surface area contributed by atoms with E-state index in [1.165, 1.54) is 12.8 Å². The molecule has 3 saturated heterocycles. The van der Waals surface area contributed by atoms with Crippen LogP contribution in [0.15, 0.2) is 4.99 Å². The number of ether oxygens (including phenoxy) is 2. The maximum Gasteiger partial charge on any atom is 0.193 e. The van der Waals surface area contributed by atoms with Gasteiger partial charge in [-0.15, -0.1) is 0 Å². The van der Waals surface area contributed by atoms with Crippen LogP contribution in [-0.2, 0) is 9.47 Å². The fraction of sp³-hybridized carbons (Fsp3) is 0.938. The molecular weight excluding hydrogens is 266 g/mol. The van der Waals surface area contributed by atoms with Crippen molar-refractivity contribution in [3.63, 3.8) is 0 Å². The molecule has 3 aliphatic rings. The molecule has 0 aromatic rings. The maximum atomic E-state index is 5.62. The Bertz CT molecular complexity index is 361. The molecule has 0 aromatic carbocycles. The highest BCUT2D eigenvalue weighted by atomic mass is 16.5. The lowest BCUT2D eigenvalue weighted by Crippen LogP contribution is -2.41. The van der Waals surface area contributed by atoms with Crippen molar-refractivity contribution in [1.29, 1.82) is 0 Å². The highest BCUT2D eigenvalue weighted by Gasteiger charge is 2.42. The molecule has 0 radical (unpaired) electrons. The van der Waals surface area contributed by atoms with Gasteiger partial charge in [0.05, 0.1) is 6.61 Å². The summed E-state index contributed by atoms with van der Waals surface area (Å²) in [5.41, 5.74) is 0.398. The Hall–Kier alpha value is -0.810. The van der Waals surface area contributed by atoms with Crippen LogP contribution in [0.1, 0.15) is 32.6 Å². The summed E-state index contributed by atoms with van der Waals surface area (Å²) < 4.78 is 11.1. The normalized spacial score (nSPS) is 31.3. The van der Waals surface area contributed by atoms with Crippen molar-refractivity contribution in [2.45, 2.75) is 32.6 Å². The van der Waals surface area contributed by atoms with E-state index in [-0.39, 0.29) is 0 Å². The van der Waals surface area contributed by atoms with E-state index in [1.807, 2.05) is 0 Å². The summed E-state index contributed by atoms with van der Waals surface area (Å²) in [4.78, 5) is 7.35. The largest absolute Gasteiger partial charge is 0.381 e. The van der Waals surface area contributed by atoms with Crippen molar-refractivity contribution < 1.29 is 9.47 Å². The van der Waals surface area contributed by atoms with Gasteiger partial charge in [-0.05, 0) is 38.5 Å². The number of aliphatic imine (C=N–C) groups is 1. The molecule has 3 aliphatic heterocycles. The molecule has 0 saturated carbocycles. The van der Waals surface area contributed by atoms with Crippen LogP contribution in [-0.4, -0.2) is 63.5 Å². The van der Waals surface area contributed by atoms with Crippen LogP contribution >= 0.6 is 0 Å². The summed E-state index contributed by atoms with van der Waals surface area (Å²) in [6.45, 7) is 9.91. The Balaban J connectivity index is 1.58. The third-order valence-electron chi connectivity index (χ3n) is 5.10. The SMILES string of the molecule is CCNC(=NCC1CCOCC1)N1CCC2(CCOC2)C1. The molecule has 3 fully saturated rings. The first-order chi connectivity index (χ1) is 10.3. The van der Waals surface area contributed by atoms with Gasteiger partial charge < -0.3 is 19.7 Å². The van der Waals surface area contributed by atoms with Crippen molar-refractivity contribution in [2.75, 3.05) is 52.6 Å². The summed E-state index contributed by atoms with van der Waals surface area (Å²) >= 11 is 0. The smallest absolute Gasteiger partial charge is 0.193 e. The van der Waals surface area contributed by atoms with Crippen LogP contribution in [0, 0.1) is 11.3 Å². The van der Waals surface area contributed by atoms with Gasteiger partial charge in [-0.2, -0.15) is 0 Å². The van der Waals surface area contributed by atoms with Gasteiger partial charge in [-0.1, -0.05) is 0 Å². The zero-order valence-corrected chi connectivity index (χ0v) is 13.3. The number of likely N-dealkylation sites (tertiary alicyclic amines) is 1. The quantitative estimate of drug-likeness (QED) is 0.633. The van der Waals surface area contributed by atoms with Gasteiger partial charge in [0.25, 0.3) is 0 Å². The second-order valence-corrected chi connectivity index (χ2v) is 6.72. The Morgan fingerprint density at radius 3 is 2.81 bits per heavy atom. The van der Waals surface area contributed by atoms with E-state index in [4.69, 9.17) is 14.5 Å². The molecule has 3 heterocycles. The minimum atomic E-state index is 0.398. The van der Waals surface area contributed by atoms with E-state index in [2.05, 4.69) is 17.1 Å². The molecular formula is C16H29N3O2. The Labute approximate surface area is 128 Å². The standard InChI is InChI=1S/C16H29N3O2/c1-2-17-15(18-11-14-3-8-20-9-4-14)19-7-5-16(12-19)6-10-21-13-16/h14H,2-13H2,1H3,(H,17,18). The van der Waals surface area contributed by atoms with E-state index in [0.29, 0.717) is 11.3 Å². The molecule has 1 unspecified atom stereocenters. The van der Waals surface area contributed by atoms with Crippen molar-refractivity contribution in [3.05, 3.63) is 0 Å². The fourth-order valence-corrected chi connectivity index (χ4v) is 3.66. The van der Waals surface area contributed by atoms with Gasteiger partial charge in [0, 0.05) is 51.4 Å². The highest BCUT2D eigenvalue weighted by molar-refractivity contribution is 5.80. The second kappa shape index (κ2) is 6.97. The monoisotopic (exact) mass is 295 g/mol. The predicted octanol–water partition coefficient (Wildman–Crippen LogP) is 1.49. The number of nitrogens with one attached hydrogen (secondary N) is 1. The fourth-order valence-electron chi connectivity index (χ4n) is 3.66. The molecule has 1 atom stereocenters. The lowest BCUT2D eigenvalue weighted by Gasteiger charge is -2.26. The first-order valence-electron chi connectivity index (χ1n) is 8.50. The molecule has 3 rings (SSSR count). The Kier molecular flexibility index (Phi) is 5.01. The molecule has 0 bridgehead atoms. The minimum Gasteiger partial charge on any atom is -0.381 e. The maximum absolute atomic E-state index is 5.62. The van der Waals surface area contributed by atoms with Gasteiger partial charge in [0.15, 0.2) is 5.96 Å². The van der Waals surface area contributed by atoms with Crippen LogP contribution in [0.4, 0.5) is 0 Å². The molecule has 0 aliphatic carbocycles. The molecule has 5 heteroatoms. The number of guanidine groups is 1. The topological polar surface area (TPSA) is 46.1 Å². The average molecular weight is 295 g/mol. The summed E-state index contributed by atoms with van der Waals surface area (Å²) in [5.74, 6) is 1.80. The first-order valence-corrected chi connectivity index (χ1v) is 8.50. The van der Waals surface area contributed by atoms with E-state index in [1.54, 1.807) is 0 Å². The number of nitrogens with zero attached hydrogens (tertiary/aromatic N) is 2. The molecule has 5 nitrogen and oxygen atoms in total. The third-order valence-corrected chi connectivity index (χ3v) is 5.10. The molecule has 1 N–H and O–H groups in total. The minimum absolute atomic E-state index is 0.398. The van der Waals surface area contributed by atoms with Crippen LogP contribution < -0.4 is 5.32 Å². The van der Waals surface area contributed by atoms with Gasteiger partial charge in [-0.3, -0.25) is 4.99 Å². The lowest BCUT2D eigenvalue weighted by atomic mass is 9.87. The molecule has 1 spiro atoms. The average Bonchev–Trinajstić information content (AvgIpc) is 3.15. The summed E-state index contributed by atoms with van der Waals surface area (Å²) in [5, 5.41) is 3.47. The highest BCUT2D eigenvalue weighted by Crippen LogP contribution is 2.38. The number of rotatable bonds is 3. The van der Waals surface area contributed by atoms with E-state index >= 15 is 0 Å². The van der Waals surface area contributed by atoms with Crippen LogP contribution in [0.2, 0.25) is 0 Å². The van der Waals surface area contributed by atoms with E-state index < -0.39 is 0 Å². The summed E-state index contributed by atoms with van der Waals surface area (Å²) in [6, 6.07) is 0. The summed E-state index contributed by atoms with van der Waals surface area (Å²) in [7, 11) is 0. The Morgan fingerprint density at radius 1 is 1.24 bits per heavy atom. The zero-order valence-electron chi connectivity index (χ0n) is 13.3. The Morgan fingerprint density at radius 2 is 2.10 bits per heavy atom. The van der Waals surface area contributed by atoms with Crippen LogP contribution in [0.25, 0.3) is 0 Å². The zero-order chi connectivity index (χ0) is 14.5. The second-order valence-electron chi connectivity index (χ2n) is 6.72. The van der Waals surface area contributed by atoms with Gasteiger partial charge in [0.1, 0.15) is 0 Å². The first kappa shape index (κ1) is 15.1. The van der Waals surface area contributed by atoms with E-state index in [0.717, 1.165) is 71.4 Å². The molecule has 21 heavy (non-hydrogen) atoms. The van der Waals surface area contributed by atoms with Crippen LogP contribution in [0.5, 0.6) is 0 Å². The van der Waals surface area contributed by atoms with E-state index in [9.17, 15) is 0 Å². The van der Waals surface area contributed by atoms with Crippen molar-refractivity contribution in [3.8, 4) is 0 Å². The molecule has 0 amide bonds. The number of hydrogen-bond donors (Lipinski definition) is 1. The van der Waals surface area contributed by atoms with Gasteiger partial charge in [0.2, 0.25) is 0 Å². The summed E-state index contributed by atoms with van der Waals surface area (Å²) in [6.07, 6.45) is 4.76. The van der Waals surface area contributed by atoms with Crippen molar-refractivity contribution in [2.24, 2.45) is 16.3 Å². The molecule has 0 aromatic heterocycles. The van der Waals surface area contributed by atoms with Gasteiger partial charge in [-0.25, -0.2) is 0 Å². The molecule has 120 valence electrons. The van der Waals surface area contributed by atoms with Crippen LogP contribution in [0.3, 0.4) is 0 Å². The van der Waals surface area contributed by atoms with Crippen molar-refractivity contribution >= 4 is 5.96 Å². The predicted molar refractivity (Wildman–Crippen MR) is 83.6 cm³/mol. The lowest BCUT2D eigenvalue weighted by molar-refractivity contribution is 0.0688. The third kappa shape index (κ3) is 3.69. The number of hydrogen-bond acceptors (Lipinski definition) is 3. The van der Waals surface area contributed by atoms with Gasteiger partial charge >= 0.3 is 0 Å². The van der Waals surface area contributed by atoms with Crippen molar-refractivity contribution in [1.82, 2.24) is 10.2 Å².